The molecule has 0 aromatic heterocycles. The molecule has 0 spiro atoms. The Morgan fingerprint density at radius 2 is 2.09 bits per heavy atom. The first-order valence-corrected chi connectivity index (χ1v) is 8.37. The van der Waals surface area contributed by atoms with Crippen molar-refractivity contribution >= 4 is 29.1 Å². The smallest absolute Gasteiger partial charge is 0.255 e. The van der Waals surface area contributed by atoms with Gasteiger partial charge >= 0.3 is 0 Å². The predicted octanol–water partition coefficient (Wildman–Crippen LogP) is 2.76. The lowest BCUT2D eigenvalue weighted by Gasteiger charge is -2.32. The van der Waals surface area contributed by atoms with Crippen molar-refractivity contribution in [3.8, 4) is 0 Å². The van der Waals surface area contributed by atoms with Crippen LogP contribution in [-0.4, -0.2) is 42.9 Å². The van der Waals surface area contributed by atoms with Crippen molar-refractivity contribution < 1.29 is 9.59 Å². The van der Waals surface area contributed by atoms with Crippen LogP contribution in [0.2, 0.25) is 5.02 Å². The summed E-state index contributed by atoms with van der Waals surface area (Å²) in [5.41, 5.74) is 1.03. The van der Waals surface area contributed by atoms with Gasteiger partial charge in [0.2, 0.25) is 5.91 Å². The van der Waals surface area contributed by atoms with E-state index in [1.807, 2.05) is 25.8 Å². The summed E-state index contributed by atoms with van der Waals surface area (Å²) in [4.78, 5) is 26.4. The number of nitrogens with one attached hydrogen (secondary N) is 2. The summed E-state index contributed by atoms with van der Waals surface area (Å²) in [5.74, 6) is -0.294. The molecule has 2 amide bonds. The highest BCUT2D eigenvalue weighted by molar-refractivity contribution is 6.34. The lowest BCUT2D eigenvalue weighted by atomic mass is 10.0. The molecule has 23 heavy (non-hydrogen) atoms. The lowest BCUT2D eigenvalue weighted by molar-refractivity contribution is -0.118. The zero-order valence-corrected chi connectivity index (χ0v) is 14.6. The molecule has 1 aromatic carbocycles. The number of carbonyl (C=O) groups is 2. The Kier molecular flexibility index (Phi) is 6.02. The van der Waals surface area contributed by atoms with Crippen LogP contribution < -0.4 is 10.6 Å². The van der Waals surface area contributed by atoms with Crippen molar-refractivity contribution in [2.75, 3.05) is 25.5 Å². The monoisotopic (exact) mass is 337 g/mol. The van der Waals surface area contributed by atoms with Gasteiger partial charge < -0.3 is 15.5 Å². The van der Waals surface area contributed by atoms with Crippen LogP contribution in [0.15, 0.2) is 18.2 Å². The number of likely N-dealkylation sites (N-methyl/N-ethyl adjacent to an activating group) is 1. The Bertz CT molecular complexity index is 589. The van der Waals surface area contributed by atoms with Gasteiger partial charge in [0.1, 0.15) is 0 Å². The van der Waals surface area contributed by atoms with Crippen molar-refractivity contribution in [3.05, 3.63) is 28.8 Å². The van der Waals surface area contributed by atoms with Gasteiger partial charge in [-0.3, -0.25) is 9.59 Å². The fraction of sp³-hybridized carbons (Fsp3) is 0.529. The summed E-state index contributed by atoms with van der Waals surface area (Å²) in [6.45, 7) is 5.05. The Morgan fingerprint density at radius 3 is 2.74 bits per heavy atom. The van der Waals surface area contributed by atoms with E-state index in [4.69, 9.17) is 11.6 Å². The third-order valence-corrected chi connectivity index (χ3v) is 4.44. The predicted molar refractivity (Wildman–Crippen MR) is 92.9 cm³/mol. The molecule has 126 valence electrons. The van der Waals surface area contributed by atoms with E-state index in [2.05, 4.69) is 10.6 Å². The number of hydrogen-bond acceptors (Lipinski definition) is 3. The third-order valence-electron chi connectivity index (χ3n) is 4.11. The van der Waals surface area contributed by atoms with Gasteiger partial charge in [0.15, 0.2) is 0 Å². The minimum atomic E-state index is -0.122. The molecule has 0 aliphatic carbocycles. The van der Waals surface area contributed by atoms with Gasteiger partial charge in [-0.2, -0.15) is 0 Å². The summed E-state index contributed by atoms with van der Waals surface area (Å²) in [6.07, 6.45) is 2.04. The lowest BCUT2D eigenvalue weighted by Crippen LogP contribution is -2.47. The van der Waals surface area contributed by atoms with Crippen molar-refractivity contribution in [3.63, 3.8) is 0 Å². The van der Waals surface area contributed by atoms with Gasteiger partial charge in [0.25, 0.3) is 5.91 Å². The summed E-state index contributed by atoms with van der Waals surface area (Å²) in [7, 11) is 1.91. The van der Waals surface area contributed by atoms with E-state index < -0.39 is 0 Å². The van der Waals surface area contributed by atoms with E-state index in [0.29, 0.717) is 28.9 Å². The molecule has 1 aliphatic heterocycles. The second-order valence-corrected chi connectivity index (χ2v) is 6.62. The highest BCUT2D eigenvalue weighted by Crippen LogP contribution is 2.24. The van der Waals surface area contributed by atoms with E-state index in [-0.39, 0.29) is 17.7 Å². The molecule has 5 nitrogen and oxygen atoms in total. The number of amides is 2. The molecule has 1 atom stereocenters. The zero-order valence-electron chi connectivity index (χ0n) is 13.9. The van der Waals surface area contributed by atoms with E-state index in [1.165, 1.54) is 0 Å². The number of benzene rings is 1. The Labute approximate surface area is 142 Å². The molecule has 1 aromatic rings. The zero-order chi connectivity index (χ0) is 17.0. The fourth-order valence-electron chi connectivity index (χ4n) is 2.62. The quantitative estimate of drug-likeness (QED) is 0.888. The topological polar surface area (TPSA) is 61.4 Å². The van der Waals surface area contributed by atoms with Gasteiger partial charge in [-0.25, -0.2) is 0 Å². The SMILES string of the molecule is CNC1CCCN(C(=O)c2cc(NC(=O)C(C)C)ccc2Cl)C1. The summed E-state index contributed by atoms with van der Waals surface area (Å²) < 4.78 is 0. The van der Waals surface area contributed by atoms with E-state index in [1.54, 1.807) is 18.2 Å². The molecule has 0 saturated carbocycles. The Morgan fingerprint density at radius 1 is 1.35 bits per heavy atom. The number of rotatable bonds is 4. The molecule has 1 unspecified atom stereocenters. The minimum Gasteiger partial charge on any atom is -0.337 e. The van der Waals surface area contributed by atoms with Gasteiger partial charge in [0.05, 0.1) is 10.6 Å². The van der Waals surface area contributed by atoms with Crippen LogP contribution in [0, 0.1) is 5.92 Å². The fourth-order valence-corrected chi connectivity index (χ4v) is 2.82. The van der Waals surface area contributed by atoms with Crippen LogP contribution in [0.25, 0.3) is 0 Å². The summed E-state index contributed by atoms with van der Waals surface area (Å²) >= 11 is 6.20. The molecule has 1 aliphatic rings. The van der Waals surface area contributed by atoms with E-state index in [9.17, 15) is 9.59 Å². The summed E-state index contributed by atoms with van der Waals surface area (Å²) in [6, 6.07) is 5.35. The number of anilines is 1. The van der Waals surface area contributed by atoms with Crippen LogP contribution in [0.3, 0.4) is 0 Å². The normalized spacial score (nSPS) is 18.1. The largest absolute Gasteiger partial charge is 0.337 e. The van der Waals surface area contributed by atoms with Crippen LogP contribution >= 0.6 is 11.6 Å². The molecule has 1 saturated heterocycles. The van der Waals surface area contributed by atoms with Crippen LogP contribution in [0.5, 0.6) is 0 Å². The number of halogens is 1. The molecule has 0 bridgehead atoms. The standard InChI is InChI=1S/C17H24ClN3O2/c1-11(2)16(22)20-12-6-7-15(18)14(9-12)17(23)21-8-4-5-13(10-21)19-3/h6-7,9,11,13,19H,4-5,8,10H2,1-3H3,(H,20,22). The molecule has 2 rings (SSSR count). The van der Waals surface area contributed by atoms with Crippen LogP contribution in [-0.2, 0) is 4.79 Å². The Hall–Kier alpha value is -1.59. The van der Waals surface area contributed by atoms with Crippen LogP contribution in [0.1, 0.15) is 37.0 Å². The molecule has 0 radical (unpaired) electrons. The second-order valence-electron chi connectivity index (χ2n) is 6.22. The molecule has 6 heteroatoms. The molecular formula is C17H24ClN3O2. The van der Waals surface area contributed by atoms with Crippen molar-refractivity contribution in [2.24, 2.45) is 5.92 Å². The first-order valence-electron chi connectivity index (χ1n) is 7.99. The number of hydrogen-bond donors (Lipinski definition) is 2. The van der Waals surface area contributed by atoms with Gasteiger partial charge in [-0.15, -0.1) is 0 Å². The maximum Gasteiger partial charge on any atom is 0.255 e. The number of nitrogens with zero attached hydrogens (tertiary/aromatic N) is 1. The number of carbonyl (C=O) groups excluding carboxylic acids is 2. The number of piperidine rings is 1. The van der Waals surface area contributed by atoms with Gasteiger partial charge in [-0.1, -0.05) is 25.4 Å². The molecular weight excluding hydrogens is 314 g/mol. The summed E-state index contributed by atoms with van der Waals surface area (Å²) in [5, 5.41) is 6.43. The average molecular weight is 338 g/mol. The molecule has 1 heterocycles. The van der Waals surface area contributed by atoms with Crippen molar-refractivity contribution in [1.29, 1.82) is 0 Å². The molecule has 1 fully saturated rings. The van der Waals surface area contributed by atoms with E-state index in [0.717, 1.165) is 19.4 Å². The first-order chi connectivity index (χ1) is 10.9. The number of likely N-dealkylation sites (tertiary alicyclic amines) is 1. The van der Waals surface area contributed by atoms with Crippen LogP contribution in [0.4, 0.5) is 5.69 Å². The minimum absolute atomic E-state index is 0.0843. The van der Waals surface area contributed by atoms with Crippen molar-refractivity contribution in [2.45, 2.75) is 32.7 Å². The average Bonchev–Trinajstić information content (AvgIpc) is 2.55. The highest BCUT2D eigenvalue weighted by Gasteiger charge is 2.25. The maximum absolute atomic E-state index is 12.8. The Balaban J connectivity index is 2.17. The highest BCUT2D eigenvalue weighted by atomic mass is 35.5. The van der Waals surface area contributed by atoms with E-state index >= 15 is 0 Å². The van der Waals surface area contributed by atoms with Gasteiger partial charge in [0, 0.05) is 30.7 Å². The first kappa shape index (κ1) is 17.8. The third kappa shape index (κ3) is 4.45. The maximum atomic E-state index is 12.8. The second kappa shape index (κ2) is 7.79. The van der Waals surface area contributed by atoms with Gasteiger partial charge in [-0.05, 0) is 38.1 Å². The van der Waals surface area contributed by atoms with Crippen molar-refractivity contribution in [1.82, 2.24) is 10.2 Å². The molecule has 2 N–H and O–H groups in total.